The Morgan fingerprint density at radius 3 is 2.67 bits per heavy atom. The molecule has 2 heterocycles. The fourth-order valence-electron chi connectivity index (χ4n) is 2.86. The average Bonchev–Trinajstić information content (AvgIpc) is 3.07. The molecule has 1 N–H and O–H groups in total. The molecule has 0 radical (unpaired) electrons. The topological polar surface area (TPSA) is 67.9 Å². The molecule has 1 aromatic carbocycles. The molecular formula is C14H20N2O4S. The Labute approximate surface area is 125 Å². The van der Waals surface area contributed by atoms with E-state index in [-0.39, 0.29) is 12.8 Å². The molecule has 3 rings (SSSR count). The summed E-state index contributed by atoms with van der Waals surface area (Å²) in [6.45, 7) is 2.60. The minimum Gasteiger partial charge on any atom is -0.454 e. The van der Waals surface area contributed by atoms with Crippen molar-refractivity contribution >= 4 is 10.0 Å². The van der Waals surface area contributed by atoms with E-state index in [1.165, 1.54) is 6.26 Å². The van der Waals surface area contributed by atoms with E-state index in [1.54, 1.807) is 0 Å². The lowest BCUT2D eigenvalue weighted by molar-refractivity contribution is 0.173. The van der Waals surface area contributed by atoms with Crippen molar-refractivity contribution in [3.63, 3.8) is 0 Å². The highest BCUT2D eigenvalue weighted by Gasteiger charge is 2.26. The van der Waals surface area contributed by atoms with Gasteiger partial charge in [0.1, 0.15) is 0 Å². The van der Waals surface area contributed by atoms with Crippen LogP contribution in [-0.2, 0) is 10.0 Å². The van der Waals surface area contributed by atoms with Gasteiger partial charge in [-0.25, -0.2) is 13.1 Å². The van der Waals surface area contributed by atoms with Crippen LogP contribution in [0.3, 0.4) is 0 Å². The van der Waals surface area contributed by atoms with Crippen molar-refractivity contribution in [3.8, 4) is 11.5 Å². The van der Waals surface area contributed by atoms with Crippen LogP contribution in [0, 0.1) is 0 Å². The molecule has 1 fully saturated rings. The molecule has 116 valence electrons. The number of sulfonamides is 1. The SMILES string of the molecule is CS(=O)(=O)NC[C@H](c1ccc2c(c1)OCO2)N1CCCC1. The van der Waals surface area contributed by atoms with Crippen LogP contribution in [0.4, 0.5) is 0 Å². The number of hydrogen-bond donors (Lipinski definition) is 1. The fourth-order valence-corrected chi connectivity index (χ4v) is 3.32. The molecule has 2 aliphatic rings. The maximum absolute atomic E-state index is 11.4. The van der Waals surface area contributed by atoms with E-state index >= 15 is 0 Å². The van der Waals surface area contributed by atoms with Crippen LogP contribution in [0.1, 0.15) is 24.4 Å². The smallest absolute Gasteiger partial charge is 0.231 e. The van der Waals surface area contributed by atoms with Crippen LogP contribution in [0.25, 0.3) is 0 Å². The standard InChI is InChI=1S/C14H20N2O4S/c1-21(17,18)15-9-12(16-6-2-3-7-16)11-4-5-13-14(8-11)20-10-19-13/h4-5,8,12,15H,2-3,6-7,9-10H2,1H3/t12-/m1/s1. The highest BCUT2D eigenvalue weighted by Crippen LogP contribution is 2.36. The van der Waals surface area contributed by atoms with E-state index in [2.05, 4.69) is 9.62 Å². The van der Waals surface area contributed by atoms with Crippen molar-refractivity contribution in [1.82, 2.24) is 9.62 Å². The summed E-state index contributed by atoms with van der Waals surface area (Å²) in [5.74, 6) is 1.48. The highest BCUT2D eigenvalue weighted by molar-refractivity contribution is 7.88. The first-order valence-corrected chi connectivity index (χ1v) is 9.00. The van der Waals surface area contributed by atoms with Gasteiger partial charge in [0.15, 0.2) is 11.5 Å². The molecule has 0 amide bonds. The number of ether oxygens (including phenoxy) is 2. The summed E-state index contributed by atoms with van der Waals surface area (Å²) >= 11 is 0. The van der Waals surface area contributed by atoms with Crippen molar-refractivity contribution in [2.24, 2.45) is 0 Å². The number of likely N-dealkylation sites (tertiary alicyclic amines) is 1. The van der Waals surface area contributed by atoms with E-state index < -0.39 is 10.0 Å². The molecule has 6 nitrogen and oxygen atoms in total. The number of rotatable bonds is 5. The Bertz CT molecular complexity index is 611. The van der Waals surface area contributed by atoms with Crippen LogP contribution in [0.15, 0.2) is 18.2 Å². The average molecular weight is 312 g/mol. The third-order valence-corrected chi connectivity index (χ3v) is 4.59. The minimum absolute atomic E-state index is 0.0247. The summed E-state index contributed by atoms with van der Waals surface area (Å²) < 4.78 is 36.2. The predicted molar refractivity (Wildman–Crippen MR) is 79.0 cm³/mol. The van der Waals surface area contributed by atoms with Gasteiger partial charge >= 0.3 is 0 Å². The summed E-state index contributed by atoms with van der Waals surface area (Å²) in [6.07, 6.45) is 3.49. The summed E-state index contributed by atoms with van der Waals surface area (Å²) in [5.41, 5.74) is 1.05. The number of hydrogen-bond acceptors (Lipinski definition) is 5. The zero-order valence-electron chi connectivity index (χ0n) is 12.0. The molecule has 0 aromatic heterocycles. The molecule has 2 aliphatic heterocycles. The van der Waals surface area contributed by atoms with Crippen molar-refractivity contribution < 1.29 is 17.9 Å². The quantitative estimate of drug-likeness (QED) is 0.882. The summed E-state index contributed by atoms with van der Waals surface area (Å²) in [5, 5.41) is 0. The first-order valence-electron chi connectivity index (χ1n) is 7.11. The van der Waals surface area contributed by atoms with Gasteiger partial charge in [-0.3, -0.25) is 4.90 Å². The Kier molecular flexibility index (Phi) is 4.05. The van der Waals surface area contributed by atoms with E-state index in [9.17, 15) is 8.42 Å². The number of nitrogens with one attached hydrogen (secondary N) is 1. The van der Waals surface area contributed by atoms with Crippen molar-refractivity contribution in [3.05, 3.63) is 23.8 Å². The molecule has 21 heavy (non-hydrogen) atoms. The van der Waals surface area contributed by atoms with Gasteiger partial charge in [0, 0.05) is 12.6 Å². The fraction of sp³-hybridized carbons (Fsp3) is 0.571. The third-order valence-electron chi connectivity index (χ3n) is 3.90. The molecule has 7 heteroatoms. The van der Waals surface area contributed by atoms with Gasteiger partial charge in [-0.15, -0.1) is 0 Å². The number of nitrogens with zero attached hydrogens (tertiary/aromatic N) is 1. The van der Waals surface area contributed by atoms with Crippen molar-refractivity contribution in [2.75, 3.05) is 32.7 Å². The summed E-state index contributed by atoms with van der Waals surface area (Å²) in [4.78, 5) is 2.32. The van der Waals surface area contributed by atoms with Crippen LogP contribution in [0.5, 0.6) is 11.5 Å². The van der Waals surface area contributed by atoms with E-state index in [4.69, 9.17) is 9.47 Å². The Morgan fingerprint density at radius 1 is 1.24 bits per heavy atom. The lowest BCUT2D eigenvalue weighted by Crippen LogP contribution is -2.36. The maximum Gasteiger partial charge on any atom is 0.231 e. The number of fused-ring (bicyclic) bond motifs is 1. The summed E-state index contributed by atoms with van der Waals surface area (Å²) in [6, 6.07) is 5.86. The normalized spacial score (nSPS) is 19.9. The van der Waals surface area contributed by atoms with Gasteiger partial charge in [-0.1, -0.05) is 6.07 Å². The van der Waals surface area contributed by atoms with E-state index in [0.29, 0.717) is 6.54 Å². The zero-order chi connectivity index (χ0) is 14.9. The van der Waals surface area contributed by atoms with E-state index in [1.807, 2.05) is 18.2 Å². The predicted octanol–water partition coefficient (Wildman–Crippen LogP) is 1.10. The molecule has 0 saturated carbocycles. The Balaban J connectivity index is 1.83. The van der Waals surface area contributed by atoms with Gasteiger partial charge in [0.25, 0.3) is 0 Å². The molecule has 0 spiro atoms. The second-order valence-corrected chi connectivity index (χ2v) is 7.33. The molecular weight excluding hydrogens is 292 g/mol. The first kappa shape index (κ1) is 14.6. The second kappa shape index (κ2) is 5.82. The lowest BCUT2D eigenvalue weighted by Gasteiger charge is -2.28. The zero-order valence-corrected chi connectivity index (χ0v) is 12.9. The second-order valence-electron chi connectivity index (χ2n) is 5.49. The molecule has 0 aliphatic carbocycles. The van der Waals surface area contributed by atoms with Crippen LogP contribution >= 0.6 is 0 Å². The van der Waals surface area contributed by atoms with Gasteiger partial charge in [-0.05, 0) is 43.6 Å². The maximum atomic E-state index is 11.4. The van der Waals surface area contributed by atoms with Crippen molar-refractivity contribution in [1.29, 1.82) is 0 Å². The monoisotopic (exact) mass is 312 g/mol. The van der Waals surface area contributed by atoms with Crippen molar-refractivity contribution in [2.45, 2.75) is 18.9 Å². The highest BCUT2D eigenvalue weighted by atomic mass is 32.2. The largest absolute Gasteiger partial charge is 0.454 e. The minimum atomic E-state index is -3.20. The molecule has 1 atom stereocenters. The van der Waals surface area contributed by atoms with E-state index in [0.717, 1.165) is 43.0 Å². The number of benzene rings is 1. The summed E-state index contributed by atoms with van der Waals surface area (Å²) in [7, 11) is -3.20. The van der Waals surface area contributed by atoms with Gasteiger partial charge < -0.3 is 9.47 Å². The lowest BCUT2D eigenvalue weighted by atomic mass is 10.1. The van der Waals surface area contributed by atoms with Gasteiger partial charge in [0.2, 0.25) is 16.8 Å². The Morgan fingerprint density at radius 2 is 1.95 bits per heavy atom. The first-order chi connectivity index (χ1) is 10.0. The van der Waals surface area contributed by atoms with Crippen LogP contribution in [-0.4, -0.2) is 46.0 Å². The molecule has 0 unspecified atom stereocenters. The third kappa shape index (κ3) is 3.48. The molecule has 1 saturated heterocycles. The van der Waals surface area contributed by atoms with Crippen LogP contribution < -0.4 is 14.2 Å². The van der Waals surface area contributed by atoms with Gasteiger partial charge in [-0.2, -0.15) is 0 Å². The van der Waals surface area contributed by atoms with Crippen LogP contribution in [0.2, 0.25) is 0 Å². The molecule has 1 aromatic rings. The van der Waals surface area contributed by atoms with Gasteiger partial charge in [0.05, 0.1) is 6.26 Å². The Hall–Kier alpha value is -1.31. The molecule has 0 bridgehead atoms.